The van der Waals surface area contributed by atoms with Gasteiger partial charge in [-0.25, -0.2) is 4.79 Å². The van der Waals surface area contributed by atoms with E-state index >= 15 is 0 Å². The van der Waals surface area contributed by atoms with E-state index in [1.807, 2.05) is 97.9 Å². The van der Waals surface area contributed by atoms with E-state index in [-0.39, 0.29) is 17.2 Å². The van der Waals surface area contributed by atoms with Crippen LogP contribution in [0.25, 0.3) is 0 Å². The minimum Gasteiger partial charge on any atom is -0.477 e. The highest BCUT2D eigenvalue weighted by molar-refractivity contribution is 7.96. The third kappa shape index (κ3) is 3.42. The Morgan fingerprint density at radius 3 is 1.55 bits per heavy atom. The van der Waals surface area contributed by atoms with Gasteiger partial charge in [-0.3, -0.25) is 9.69 Å². The summed E-state index contributed by atoms with van der Waals surface area (Å²) in [6.45, 7) is -0.951. The Labute approximate surface area is 187 Å². The smallest absolute Gasteiger partial charge is 0.353 e. The zero-order chi connectivity index (χ0) is 22.0. The highest BCUT2D eigenvalue weighted by Gasteiger charge is 2.50. The first kappa shape index (κ1) is 21.5. The van der Waals surface area contributed by atoms with Gasteiger partial charge in [-0.05, 0) is 22.3 Å². The van der Waals surface area contributed by atoms with Crippen LogP contribution in [0.3, 0.4) is 0 Å². The molecule has 1 saturated heterocycles. The number of amides is 1. The van der Waals surface area contributed by atoms with Gasteiger partial charge in [0.1, 0.15) is 5.42 Å². The molecule has 2 atom stereocenters. The van der Waals surface area contributed by atoms with E-state index in [0.29, 0.717) is 6.42 Å². The van der Waals surface area contributed by atoms with Crippen molar-refractivity contribution in [1.29, 1.82) is 0 Å². The number of β-lactam (4-membered cyclic amide) rings is 1. The van der Waals surface area contributed by atoms with Crippen molar-refractivity contribution in [2.45, 2.75) is 18.7 Å². The van der Waals surface area contributed by atoms with Crippen LogP contribution >= 0.6 is 19.5 Å². The lowest BCUT2D eigenvalue weighted by Gasteiger charge is -2.47. The molecule has 4 nitrogen and oxygen atoms in total. The molecule has 1 N–H and O–H groups in total. The van der Waals surface area contributed by atoms with Crippen molar-refractivity contribution in [2.24, 2.45) is 5.92 Å². The van der Waals surface area contributed by atoms with E-state index in [1.54, 1.807) is 0 Å². The predicted octanol–water partition coefficient (Wildman–Crippen LogP) is 3.32. The Morgan fingerprint density at radius 1 is 0.871 bits per heavy atom. The number of carboxylic acids is 1. The topological polar surface area (TPSA) is 57.6 Å². The molecule has 1 heterocycles. The maximum Gasteiger partial charge on any atom is 0.353 e. The Hall–Kier alpha value is -2.75. The molecule has 31 heavy (non-hydrogen) atoms. The molecule has 0 unspecified atom stereocenters. The lowest BCUT2D eigenvalue weighted by Crippen LogP contribution is -2.63. The molecule has 1 aliphatic rings. The average Bonchev–Trinajstić information content (AvgIpc) is 2.81. The van der Waals surface area contributed by atoms with Gasteiger partial charge in [0.05, 0.1) is 11.3 Å². The number of rotatable bonds is 6. The van der Waals surface area contributed by atoms with Gasteiger partial charge in [0.2, 0.25) is 5.91 Å². The van der Waals surface area contributed by atoms with Crippen molar-refractivity contribution in [3.8, 4) is 0 Å². The van der Waals surface area contributed by atoms with E-state index in [1.165, 1.54) is 4.90 Å². The van der Waals surface area contributed by atoms with Gasteiger partial charge in [-0.15, -0.1) is 0 Å². The Morgan fingerprint density at radius 2 is 1.26 bits per heavy atom. The fourth-order valence-corrected chi connectivity index (χ4v) is 9.30. The monoisotopic (exact) mass is 449 g/mol. The van der Waals surface area contributed by atoms with Crippen molar-refractivity contribution >= 4 is 52.7 Å². The average molecular weight is 450 g/mol. The molecular weight excluding hydrogens is 425 g/mol. The highest BCUT2D eigenvalue weighted by atomic mass is 32.1. The van der Waals surface area contributed by atoms with Gasteiger partial charge in [0.15, 0.2) is 0 Å². The third-order valence-electron chi connectivity index (χ3n) is 5.79. The quantitative estimate of drug-likeness (QED) is 0.345. The minimum atomic E-state index is -2.88. The van der Waals surface area contributed by atoms with Gasteiger partial charge >= 0.3 is 5.97 Å². The molecule has 1 aliphatic heterocycles. The first-order chi connectivity index (χ1) is 15.0. The Bertz CT molecular complexity index is 1050. The maximum absolute atomic E-state index is 13.1. The number of hydrogen-bond donors (Lipinski definition) is 2. The third-order valence-corrected chi connectivity index (χ3v) is 10.6. The molecule has 0 radical (unpaired) electrons. The number of benzene rings is 3. The van der Waals surface area contributed by atoms with Crippen LogP contribution in [0.1, 0.15) is 13.3 Å². The number of thiol groups is 1. The number of hydrogen-bond acceptors (Lipinski definition) is 3. The number of aliphatic carboxylic acids is 1. The van der Waals surface area contributed by atoms with Crippen molar-refractivity contribution in [3.05, 3.63) is 91.0 Å². The summed E-state index contributed by atoms with van der Waals surface area (Å²) in [5.74, 6) is -1.54. The number of carbonyl (C=O) groups is 2. The first-order valence-corrected chi connectivity index (χ1v) is 12.5. The van der Waals surface area contributed by atoms with Crippen LogP contribution in [0.2, 0.25) is 0 Å². The van der Waals surface area contributed by atoms with E-state index < -0.39 is 18.2 Å². The molecule has 1 fully saturated rings. The van der Waals surface area contributed by atoms with Crippen LogP contribution in [0.15, 0.2) is 91.0 Å². The minimum absolute atomic E-state index is 0.116. The van der Waals surface area contributed by atoms with Gasteiger partial charge in [0.25, 0.3) is 0 Å². The molecule has 1 amide bonds. The molecule has 6 heteroatoms. The molecular formula is C25H24NO3PS. The summed E-state index contributed by atoms with van der Waals surface area (Å²) in [7, 11) is 0. The standard InChI is InChI=1S/C25H24NO3PS/c1-2-21-22(27)26(24(21)31)23(25(28)29)30(18-12-6-3-7-13-18,19-14-8-4-9-15-19)20-16-10-5-11-17-20/h3-17,21,24,31H,2H2,1H3,(H,28,29)/t21-,24+/m0/s1. The van der Waals surface area contributed by atoms with Crippen LogP contribution in [0.4, 0.5) is 0 Å². The molecule has 0 saturated carbocycles. The summed E-state index contributed by atoms with van der Waals surface area (Å²) in [5, 5.41) is 12.8. The van der Waals surface area contributed by atoms with Crippen molar-refractivity contribution in [3.63, 3.8) is 0 Å². The number of carboxylic acid groups (broad SMARTS) is 1. The number of nitrogens with zero attached hydrogens (tertiary/aromatic N) is 1. The number of likely N-dealkylation sites (tertiary alicyclic amines) is 1. The summed E-state index contributed by atoms with van der Waals surface area (Å²) in [4.78, 5) is 27.5. The van der Waals surface area contributed by atoms with Crippen molar-refractivity contribution in [2.75, 3.05) is 0 Å². The second-order valence-electron chi connectivity index (χ2n) is 7.44. The van der Waals surface area contributed by atoms with E-state index in [9.17, 15) is 14.7 Å². The molecule has 4 rings (SSSR count). The van der Waals surface area contributed by atoms with Crippen LogP contribution in [0, 0.1) is 5.92 Å². The summed E-state index contributed by atoms with van der Waals surface area (Å²) >= 11 is 4.66. The molecule has 3 aromatic carbocycles. The molecule has 0 aromatic heterocycles. The lowest BCUT2D eigenvalue weighted by molar-refractivity contribution is -0.145. The van der Waals surface area contributed by atoms with E-state index in [2.05, 4.69) is 12.6 Å². The zero-order valence-electron chi connectivity index (χ0n) is 17.1. The maximum atomic E-state index is 13.1. The summed E-state index contributed by atoms with van der Waals surface area (Å²) < 4.78 is 0. The van der Waals surface area contributed by atoms with Gasteiger partial charge in [-0.2, -0.15) is 12.6 Å². The zero-order valence-corrected chi connectivity index (χ0v) is 18.9. The van der Waals surface area contributed by atoms with Gasteiger partial charge in [0, 0.05) is 6.89 Å². The molecule has 3 aromatic rings. The Balaban J connectivity index is 2.21. The SMILES string of the molecule is CC[C@H]1C(=O)N(C(C(=O)O)=P(c2ccccc2)(c2ccccc2)c2ccccc2)[C@@H]1S. The highest BCUT2D eigenvalue weighted by Crippen LogP contribution is 2.49. The van der Waals surface area contributed by atoms with Crippen molar-refractivity contribution in [1.82, 2.24) is 4.90 Å². The van der Waals surface area contributed by atoms with Crippen LogP contribution in [-0.4, -0.2) is 32.7 Å². The van der Waals surface area contributed by atoms with Crippen molar-refractivity contribution < 1.29 is 14.7 Å². The van der Waals surface area contributed by atoms with Crippen LogP contribution in [0.5, 0.6) is 0 Å². The van der Waals surface area contributed by atoms with Crippen LogP contribution < -0.4 is 15.9 Å². The second-order valence-corrected chi connectivity index (χ2v) is 11.3. The molecule has 158 valence electrons. The molecule has 0 spiro atoms. The van der Waals surface area contributed by atoms with Gasteiger partial charge in [-0.1, -0.05) is 97.9 Å². The second kappa shape index (κ2) is 8.78. The fourth-order valence-electron chi connectivity index (χ4n) is 4.33. The molecule has 0 aliphatic carbocycles. The van der Waals surface area contributed by atoms with Crippen LogP contribution in [-0.2, 0) is 9.59 Å². The number of carbonyl (C=O) groups excluding carboxylic acids is 1. The van der Waals surface area contributed by atoms with E-state index in [0.717, 1.165) is 15.9 Å². The summed E-state index contributed by atoms with van der Waals surface area (Å²) in [5.41, 5.74) is 0.116. The fraction of sp³-hybridized carbons (Fsp3) is 0.160. The normalized spacial score (nSPS) is 18.4. The predicted molar refractivity (Wildman–Crippen MR) is 131 cm³/mol. The largest absolute Gasteiger partial charge is 0.477 e. The summed E-state index contributed by atoms with van der Waals surface area (Å²) in [6.07, 6.45) is 0.629. The lowest BCUT2D eigenvalue weighted by atomic mass is 9.95. The van der Waals surface area contributed by atoms with E-state index in [4.69, 9.17) is 0 Å². The van der Waals surface area contributed by atoms with Gasteiger partial charge < -0.3 is 5.11 Å². The first-order valence-electron chi connectivity index (χ1n) is 10.2. The summed E-state index contributed by atoms with van der Waals surface area (Å²) in [6, 6.07) is 29.0. The molecule has 0 bridgehead atoms. The Kier molecular flexibility index (Phi) is 6.08.